The van der Waals surface area contributed by atoms with Crippen LogP contribution in [0, 0.1) is 5.92 Å². The molecule has 0 unspecified atom stereocenters. The summed E-state index contributed by atoms with van der Waals surface area (Å²) in [5.74, 6) is 0.791. The van der Waals surface area contributed by atoms with Crippen molar-refractivity contribution >= 4 is 17.3 Å². The third-order valence-electron chi connectivity index (χ3n) is 3.79. The maximum atomic E-state index is 11.5. The van der Waals surface area contributed by atoms with Gasteiger partial charge in [-0.15, -0.1) is 11.3 Å². The molecular weight excluding hydrogens is 288 g/mol. The molecule has 0 atom stereocenters. The van der Waals surface area contributed by atoms with E-state index in [9.17, 15) is 4.79 Å². The number of ether oxygens (including phenoxy) is 1. The summed E-state index contributed by atoms with van der Waals surface area (Å²) in [7, 11) is 1.46. The van der Waals surface area contributed by atoms with Crippen LogP contribution in [0.5, 0.6) is 0 Å². The number of thiazole rings is 1. The first kappa shape index (κ1) is 14.3. The van der Waals surface area contributed by atoms with Crippen molar-refractivity contribution in [1.82, 2.24) is 9.88 Å². The number of furan rings is 1. The Bertz CT molecular complexity index is 586. The molecule has 0 saturated carbocycles. The Hall–Kier alpha value is -1.66. The van der Waals surface area contributed by atoms with E-state index in [1.165, 1.54) is 7.11 Å². The summed E-state index contributed by atoms with van der Waals surface area (Å²) in [5.41, 5.74) is 1.06. The molecule has 1 aliphatic rings. The van der Waals surface area contributed by atoms with E-state index in [1.54, 1.807) is 17.6 Å². The van der Waals surface area contributed by atoms with Crippen molar-refractivity contribution in [3.05, 3.63) is 29.5 Å². The van der Waals surface area contributed by atoms with Crippen LogP contribution in [0.4, 0.5) is 0 Å². The number of methoxy groups -OCH3 is 1. The Morgan fingerprint density at radius 1 is 1.52 bits per heavy atom. The van der Waals surface area contributed by atoms with E-state index in [-0.39, 0.29) is 11.9 Å². The fraction of sp³-hybridized carbons (Fsp3) is 0.467. The predicted octanol–water partition coefficient (Wildman–Crippen LogP) is 2.79. The summed E-state index contributed by atoms with van der Waals surface area (Å²) >= 11 is 1.60. The smallest absolute Gasteiger partial charge is 0.308 e. The molecule has 0 radical (unpaired) electrons. The number of carbonyl (C=O) groups excluding carboxylic acids is 1. The van der Waals surface area contributed by atoms with Gasteiger partial charge in [-0.25, -0.2) is 4.98 Å². The van der Waals surface area contributed by atoms with E-state index in [1.807, 2.05) is 12.1 Å². The van der Waals surface area contributed by atoms with Crippen LogP contribution in [0.15, 0.2) is 28.2 Å². The lowest BCUT2D eigenvalue weighted by molar-refractivity contribution is -0.147. The van der Waals surface area contributed by atoms with Crippen LogP contribution in [0.2, 0.25) is 0 Å². The molecule has 0 bridgehead atoms. The highest BCUT2D eigenvalue weighted by atomic mass is 32.1. The van der Waals surface area contributed by atoms with Crippen LogP contribution in [0.3, 0.4) is 0 Å². The molecule has 112 valence electrons. The molecule has 1 fully saturated rings. The molecule has 0 aromatic carbocycles. The minimum absolute atomic E-state index is 0.0559. The second-order valence-electron chi connectivity index (χ2n) is 5.19. The lowest BCUT2D eigenvalue weighted by Crippen LogP contribution is -2.36. The van der Waals surface area contributed by atoms with Crippen molar-refractivity contribution < 1.29 is 13.9 Å². The van der Waals surface area contributed by atoms with Crippen molar-refractivity contribution in [2.75, 3.05) is 20.2 Å². The zero-order valence-corrected chi connectivity index (χ0v) is 12.8. The van der Waals surface area contributed by atoms with Crippen LogP contribution >= 0.6 is 11.3 Å². The zero-order chi connectivity index (χ0) is 14.7. The average Bonchev–Trinajstić information content (AvgIpc) is 3.18. The van der Waals surface area contributed by atoms with Gasteiger partial charge in [-0.2, -0.15) is 0 Å². The SMILES string of the molecule is COC(=O)C1CCN(Cc2csc(-c3ccco3)n2)CC1. The van der Waals surface area contributed by atoms with Gasteiger partial charge in [-0.1, -0.05) is 0 Å². The van der Waals surface area contributed by atoms with Gasteiger partial charge in [-0.05, 0) is 38.1 Å². The van der Waals surface area contributed by atoms with Crippen LogP contribution in [0.25, 0.3) is 10.8 Å². The third-order valence-corrected chi connectivity index (χ3v) is 4.70. The van der Waals surface area contributed by atoms with Gasteiger partial charge >= 0.3 is 5.97 Å². The third kappa shape index (κ3) is 3.33. The molecule has 5 nitrogen and oxygen atoms in total. The lowest BCUT2D eigenvalue weighted by Gasteiger charge is -2.29. The second kappa shape index (κ2) is 6.41. The van der Waals surface area contributed by atoms with Crippen LogP contribution in [-0.4, -0.2) is 36.1 Å². The number of likely N-dealkylation sites (tertiary alicyclic amines) is 1. The fourth-order valence-corrected chi connectivity index (χ4v) is 3.39. The van der Waals surface area contributed by atoms with Gasteiger partial charge in [0.25, 0.3) is 0 Å². The molecular formula is C15H18N2O3S. The maximum absolute atomic E-state index is 11.5. The molecule has 1 saturated heterocycles. The normalized spacial score (nSPS) is 17.0. The summed E-state index contributed by atoms with van der Waals surface area (Å²) in [5, 5.41) is 2.99. The van der Waals surface area contributed by atoms with Gasteiger partial charge in [-0.3, -0.25) is 9.69 Å². The number of esters is 1. The predicted molar refractivity (Wildman–Crippen MR) is 79.8 cm³/mol. The summed E-state index contributed by atoms with van der Waals surface area (Å²) in [4.78, 5) is 18.4. The summed E-state index contributed by atoms with van der Waals surface area (Å²) < 4.78 is 10.2. The molecule has 0 amide bonds. The fourth-order valence-electron chi connectivity index (χ4n) is 2.62. The molecule has 3 heterocycles. The van der Waals surface area contributed by atoms with Gasteiger partial charge < -0.3 is 9.15 Å². The average molecular weight is 306 g/mol. The molecule has 1 aliphatic heterocycles. The first-order valence-electron chi connectivity index (χ1n) is 7.04. The summed E-state index contributed by atoms with van der Waals surface area (Å²) in [6, 6.07) is 3.79. The standard InChI is InChI=1S/C15H18N2O3S/c1-19-15(18)11-4-6-17(7-5-11)9-12-10-21-14(16-12)13-3-2-8-20-13/h2-3,8,10-11H,4-7,9H2,1H3. The monoisotopic (exact) mass is 306 g/mol. The summed E-state index contributed by atoms with van der Waals surface area (Å²) in [6.07, 6.45) is 3.39. The van der Waals surface area contributed by atoms with E-state index in [4.69, 9.17) is 9.15 Å². The highest BCUT2D eigenvalue weighted by molar-refractivity contribution is 7.13. The maximum Gasteiger partial charge on any atom is 0.308 e. The van der Waals surface area contributed by atoms with Gasteiger partial charge in [0, 0.05) is 11.9 Å². The number of nitrogens with zero attached hydrogens (tertiary/aromatic N) is 2. The van der Waals surface area contributed by atoms with E-state index in [0.717, 1.165) is 48.9 Å². The van der Waals surface area contributed by atoms with Gasteiger partial charge in [0.2, 0.25) is 0 Å². The number of aromatic nitrogens is 1. The van der Waals surface area contributed by atoms with Gasteiger partial charge in [0.05, 0.1) is 25.0 Å². The topological polar surface area (TPSA) is 55.6 Å². The molecule has 21 heavy (non-hydrogen) atoms. The minimum Gasteiger partial charge on any atom is -0.469 e. The summed E-state index contributed by atoms with van der Waals surface area (Å²) in [6.45, 7) is 2.64. The zero-order valence-electron chi connectivity index (χ0n) is 11.9. The first-order valence-corrected chi connectivity index (χ1v) is 7.92. The Morgan fingerprint density at radius 3 is 3.00 bits per heavy atom. The molecule has 0 aliphatic carbocycles. The minimum atomic E-state index is -0.0802. The molecule has 2 aromatic rings. The highest BCUT2D eigenvalue weighted by Gasteiger charge is 2.25. The molecule has 2 aromatic heterocycles. The second-order valence-corrected chi connectivity index (χ2v) is 6.05. The number of hydrogen-bond acceptors (Lipinski definition) is 6. The Balaban J connectivity index is 1.55. The largest absolute Gasteiger partial charge is 0.469 e. The Kier molecular flexibility index (Phi) is 4.36. The number of piperidine rings is 1. The van der Waals surface area contributed by atoms with Crippen molar-refractivity contribution in [2.24, 2.45) is 5.92 Å². The van der Waals surface area contributed by atoms with E-state index in [2.05, 4.69) is 15.3 Å². The number of rotatable bonds is 4. The van der Waals surface area contributed by atoms with Crippen LogP contribution < -0.4 is 0 Å². The van der Waals surface area contributed by atoms with Crippen molar-refractivity contribution in [3.8, 4) is 10.8 Å². The van der Waals surface area contributed by atoms with E-state index >= 15 is 0 Å². The molecule has 6 heteroatoms. The molecule has 3 rings (SSSR count). The first-order chi connectivity index (χ1) is 10.3. The molecule has 0 N–H and O–H groups in total. The van der Waals surface area contributed by atoms with E-state index in [0.29, 0.717) is 0 Å². The Morgan fingerprint density at radius 2 is 2.33 bits per heavy atom. The van der Waals surface area contributed by atoms with E-state index < -0.39 is 0 Å². The van der Waals surface area contributed by atoms with Crippen LogP contribution in [0.1, 0.15) is 18.5 Å². The van der Waals surface area contributed by atoms with Gasteiger partial charge in [0.1, 0.15) is 0 Å². The van der Waals surface area contributed by atoms with Crippen molar-refractivity contribution in [2.45, 2.75) is 19.4 Å². The number of hydrogen-bond donors (Lipinski definition) is 0. The van der Waals surface area contributed by atoms with Crippen LogP contribution in [-0.2, 0) is 16.1 Å². The highest BCUT2D eigenvalue weighted by Crippen LogP contribution is 2.25. The van der Waals surface area contributed by atoms with Crippen molar-refractivity contribution in [3.63, 3.8) is 0 Å². The molecule has 0 spiro atoms. The van der Waals surface area contributed by atoms with Crippen molar-refractivity contribution in [1.29, 1.82) is 0 Å². The Labute approximate surface area is 127 Å². The quantitative estimate of drug-likeness (QED) is 0.813. The van der Waals surface area contributed by atoms with Gasteiger partial charge in [0.15, 0.2) is 10.8 Å². The lowest BCUT2D eigenvalue weighted by atomic mass is 9.97. The number of carbonyl (C=O) groups is 1.